The molecular weight excluding hydrogens is 1070 g/mol. The Labute approximate surface area is 462 Å². The Hall–Kier alpha value is -9.31. The molecule has 0 aromatic heterocycles. The number of carbonyl (C=O) groups excluding carboxylic acids is 11. The fourth-order valence-electron chi connectivity index (χ4n) is 6.76. The third-order valence-electron chi connectivity index (χ3n) is 10.7. The predicted octanol–water partition coefficient (Wildman–Crippen LogP) is 1.90. The van der Waals surface area contributed by atoms with Crippen molar-refractivity contribution in [1.82, 2.24) is 14.7 Å². The molecule has 3 unspecified atom stereocenters. The Morgan fingerprint density at radius 2 is 0.630 bits per heavy atom. The Bertz CT molecular complexity index is 2750. The van der Waals surface area contributed by atoms with Crippen molar-refractivity contribution in [1.29, 1.82) is 0 Å². The maximum absolute atomic E-state index is 14.0. The molecule has 27 heteroatoms. The second-order valence-corrected chi connectivity index (χ2v) is 17.4. The fourth-order valence-corrected chi connectivity index (χ4v) is 6.76. The molecule has 1 heterocycles. The lowest BCUT2D eigenvalue weighted by molar-refractivity contribution is -0.140. The lowest BCUT2D eigenvalue weighted by Crippen LogP contribution is -2.69. The third-order valence-corrected chi connectivity index (χ3v) is 10.7. The number of hydrogen-bond acceptors (Lipinski definition) is 24. The van der Waals surface area contributed by atoms with E-state index in [1.807, 2.05) is 0 Å². The molecular formula is C54H59N3O24. The number of hydrogen-bond donors (Lipinski definition) is 4. The van der Waals surface area contributed by atoms with E-state index in [1.165, 1.54) is 93.6 Å². The molecule has 434 valence electrons. The van der Waals surface area contributed by atoms with Crippen molar-refractivity contribution < 1.29 is 116 Å². The Morgan fingerprint density at radius 3 is 0.877 bits per heavy atom. The SMILES string of the molecule is C=C(C)C(=O)OCCOC(=O)c1ccccc1C(=O)OCC(O)CN1C(=O)N(CC(O)COC(=O)c2ccccc2C(=O)OCCOC(=O)C(=C)C)C(O)N(CC(O)COC(=O)c2ccccc2C(=O)OCCOC(=O)C(=C)C)C1=O. The molecule has 1 aliphatic heterocycles. The van der Waals surface area contributed by atoms with Crippen LogP contribution < -0.4 is 0 Å². The lowest BCUT2D eigenvalue weighted by atomic mass is 10.1. The van der Waals surface area contributed by atoms with E-state index in [4.69, 9.17) is 42.6 Å². The zero-order chi connectivity index (χ0) is 59.9. The van der Waals surface area contributed by atoms with Gasteiger partial charge in [0.15, 0.2) is 0 Å². The van der Waals surface area contributed by atoms with E-state index >= 15 is 0 Å². The van der Waals surface area contributed by atoms with Gasteiger partial charge in [0.2, 0.25) is 6.35 Å². The Kier molecular flexibility index (Phi) is 24.8. The first-order valence-corrected chi connectivity index (χ1v) is 24.3. The first kappa shape index (κ1) is 64.2. The number of carbonyl (C=O) groups is 11. The van der Waals surface area contributed by atoms with Crippen molar-refractivity contribution in [3.8, 4) is 0 Å². The highest BCUT2D eigenvalue weighted by atomic mass is 16.6. The van der Waals surface area contributed by atoms with Crippen LogP contribution in [0.1, 0.15) is 82.9 Å². The van der Waals surface area contributed by atoms with Gasteiger partial charge in [-0.2, -0.15) is 0 Å². The number of ether oxygens (including phenoxy) is 9. The van der Waals surface area contributed by atoms with Crippen LogP contribution >= 0.6 is 0 Å². The van der Waals surface area contributed by atoms with Crippen LogP contribution in [0.4, 0.5) is 9.59 Å². The van der Waals surface area contributed by atoms with Crippen LogP contribution in [0, 0.1) is 0 Å². The monoisotopic (exact) mass is 1130 g/mol. The molecule has 1 fully saturated rings. The van der Waals surface area contributed by atoms with Crippen LogP contribution in [0.5, 0.6) is 0 Å². The van der Waals surface area contributed by atoms with Crippen LogP contribution in [-0.2, 0) is 57.0 Å². The smallest absolute Gasteiger partial charge is 0.339 e. The molecule has 4 rings (SSSR count). The van der Waals surface area contributed by atoms with Gasteiger partial charge in [0.05, 0.1) is 53.0 Å². The molecule has 4 N–H and O–H groups in total. The van der Waals surface area contributed by atoms with Crippen molar-refractivity contribution in [2.45, 2.75) is 45.4 Å². The minimum Gasteiger partial charge on any atom is -0.459 e. The third kappa shape index (κ3) is 19.2. The summed E-state index contributed by atoms with van der Waals surface area (Å²) in [5, 5.41) is 44.8. The van der Waals surface area contributed by atoms with E-state index in [0.29, 0.717) is 14.7 Å². The molecule has 0 bridgehead atoms. The number of aliphatic hydroxyl groups is 4. The number of rotatable bonds is 30. The molecule has 0 radical (unpaired) electrons. The van der Waals surface area contributed by atoms with Gasteiger partial charge >= 0.3 is 65.8 Å². The topological polar surface area (TPSA) is 361 Å². The molecule has 0 saturated carbocycles. The highest BCUT2D eigenvalue weighted by Gasteiger charge is 2.45. The van der Waals surface area contributed by atoms with Gasteiger partial charge < -0.3 is 63.1 Å². The zero-order valence-electron chi connectivity index (χ0n) is 44.1. The quantitative estimate of drug-likeness (QED) is 0.0320. The van der Waals surface area contributed by atoms with Crippen molar-refractivity contribution in [2.75, 3.05) is 79.1 Å². The summed E-state index contributed by atoms with van der Waals surface area (Å²) in [7, 11) is 0. The maximum atomic E-state index is 14.0. The van der Waals surface area contributed by atoms with Crippen LogP contribution in [0.15, 0.2) is 109 Å². The number of amides is 4. The normalized spacial score (nSPS) is 14.0. The van der Waals surface area contributed by atoms with Gasteiger partial charge in [-0.05, 0) is 57.2 Å². The number of aliphatic hydroxyl groups excluding tert-OH is 4. The standard InChI is InChI=1S/C54H59N3O24/c1-31(2)43(61)73-19-22-76-46(64)37-13-7-10-16-40(37)49(67)79-28-34(58)25-55-52(70)56(26-35(59)29-80-50(68)41-17-11-8-14-38(41)47(65)77-23-20-74-44(62)32(3)4)54(72)57(53(55)71)27-36(60)30-81-51(69)42-18-12-9-15-39(42)48(66)78-24-21-75-45(63)33(5)6/h7-18,34-36,52,58-60,70H,1,3,5,19-30H2,2,4,6H3. The molecule has 0 aliphatic carbocycles. The van der Waals surface area contributed by atoms with Gasteiger partial charge in [-0.1, -0.05) is 56.1 Å². The van der Waals surface area contributed by atoms with E-state index in [9.17, 15) is 73.2 Å². The first-order chi connectivity index (χ1) is 38.4. The van der Waals surface area contributed by atoms with Crippen LogP contribution in [0.25, 0.3) is 0 Å². The van der Waals surface area contributed by atoms with Crippen LogP contribution in [-0.4, -0.2) is 205 Å². The minimum absolute atomic E-state index is 0.104. The number of esters is 9. The van der Waals surface area contributed by atoms with E-state index in [0.717, 1.165) is 0 Å². The summed E-state index contributed by atoms with van der Waals surface area (Å²) in [4.78, 5) is 143. The molecule has 27 nitrogen and oxygen atoms in total. The van der Waals surface area contributed by atoms with E-state index in [-0.39, 0.29) is 69.9 Å². The number of β-amino-alcohol motifs (C(OH)–C–C–N with tert-alkyl or cyclic N) is 3. The van der Waals surface area contributed by atoms with Gasteiger partial charge in [0.1, 0.15) is 77.8 Å². The molecule has 1 aliphatic rings. The fraction of sp³-hybridized carbons (Fsp3) is 0.352. The summed E-state index contributed by atoms with van der Waals surface area (Å²) >= 11 is 0. The molecule has 1 saturated heterocycles. The zero-order valence-corrected chi connectivity index (χ0v) is 44.1. The maximum Gasteiger partial charge on any atom is 0.339 e. The molecule has 3 aromatic rings. The van der Waals surface area contributed by atoms with Crippen molar-refractivity contribution >= 4 is 65.8 Å². The highest BCUT2D eigenvalue weighted by Crippen LogP contribution is 2.22. The summed E-state index contributed by atoms with van der Waals surface area (Å²) in [6.07, 6.45) is -7.99. The molecule has 3 atom stereocenters. The molecule has 81 heavy (non-hydrogen) atoms. The number of imide groups is 1. The minimum atomic E-state index is -2.34. The predicted molar refractivity (Wildman–Crippen MR) is 273 cm³/mol. The largest absolute Gasteiger partial charge is 0.459 e. The number of urea groups is 2. The summed E-state index contributed by atoms with van der Waals surface area (Å²) in [5.74, 6) is -8.75. The molecule has 3 aromatic carbocycles. The summed E-state index contributed by atoms with van der Waals surface area (Å²) in [6, 6.07) is 12.8. The van der Waals surface area contributed by atoms with E-state index in [1.54, 1.807) is 0 Å². The van der Waals surface area contributed by atoms with Crippen LogP contribution in [0.3, 0.4) is 0 Å². The second-order valence-electron chi connectivity index (χ2n) is 17.4. The summed E-state index contributed by atoms with van der Waals surface area (Å²) in [5.41, 5.74) is -1.55. The molecule has 0 spiro atoms. The summed E-state index contributed by atoms with van der Waals surface area (Å²) < 4.78 is 45.6. The van der Waals surface area contributed by atoms with E-state index < -0.39 is 150 Å². The number of benzene rings is 3. The first-order valence-electron chi connectivity index (χ1n) is 24.3. The van der Waals surface area contributed by atoms with Gasteiger partial charge in [-0.15, -0.1) is 0 Å². The van der Waals surface area contributed by atoms with Gasteiger partial charge in [-0.3, -0.25) is 9.80 Å². The summed E-state index contributed by atoms with van der Waals surface area (Å²) in [6.45, 7) is 6.69. The van der Waals surface area contributed by atoms with Crippen LogP contribution in [0.2, 0.25) is 0 Å². The average Bonchev–Trinajstić information content (AvgIpc) is 3.54. The Morgan fingerprint density at radius 1 is 0.407 bits per heavy atom. The number of nitrogens with zero attached hydrogens (tertiary/aromatic N) is 3. The second kappa shape index (κ2) is 31.3. The van der Waals surface area contributed by atoms with Crippen molar-refractivity contribution in [2.24, 2.45) is 0 Å². The van der Waals surface area contributed by atoms with Gasteiger partial charge in [-0.25, -0.2) is 57.6 Å². The van der Waals surface area contributed by atoms with E-state index in [2.05, 4.69) is 19.7 Å². The van der Waals surface area contributed by atoms with Gasteiger partial charge in [0, 0.05) is 16.7 Å². The lowest BCUT2D eigenvalue weighted by Gasteiger charge is -2.45. The van der Waals surface area contributed by atoms with Crippen molar-refractivity contribution in [3.05, 3.63) is 143 Å². The highest BCUT2D eigenvalue weighted by molar-refractivity contribution is 6.05. The van der Waals surface area contributed by atoms with Gasteiger partial charge in [0.25, 0.3) is 0 Å². The Balaban J connectivity index is 1.48. The van der Waals surface area contributed by atoms with Crippen molar-refractivity contribution in [3.63, 3.8) is 0 Å². The molecule has 4 amide bonds. The average molecular weight is 1130 g/mol.